The molecule has 1 spiro atoms. The topological polar surface area (TPSA) is 74.3 Å². The van der Waals surface area contributed by atoms with E-state index in [9.17, 15) is 9.59 Å². The van der Waals surface area contributed by atoms with Crippen molar-refractivity contribution in [3.05, 3.63) is 41.0 Å². The molecule has 0 aliphatic carbocycles. The van der Waals surface area contributed by atoms with E-state index in [1.54, 1.807) is 6.20 Å². The quantitative estimate of drug-likeness (QED) is 0.821. The number of fused-ring (bicyclic) bond motifs is 1. The number of hydrogen-bond acceptors (Lipinski definition) is 4. The molecule has 118 valence electrons. The highest BCUT2D eigenvalue weighted by Crippen LogP contribution is 2.30. The largest absolute Gasteiger partial charge is 0.322 e. The first-order valence-electron chi connectivity index (χ1n) is 7.45. The molecule has 0 saturated carbocycles. The molecule has 7 heteroatoms. The third-order valence-corrected chi connectivity index (χ3v) is 4.92. The first-order valence-corrected chi connectivity index (χ1v) is 7.83. The van der Waals surface area contributed by atoms with Gasteiger partial charge in [-0.25, -0.2) is 4.79 Å². The smallest absolute Gasteiger partial charge is 0.322 e. The normalized spacial score (nSPS) is 24.4. The van der Waals surface area contributed by atoms with Crippen LogP contribution in [0.15, 0.2) is 30.5 Å². The maximum Gasteiger partial charge on any atom is 0.322 e. The number of rotatable bonds is 2. The van der Waals surface area contributed by atoms with Gasteiger partial charge >= 0.3 is 6.03 Å². The molecule has 2 aromatic rings. The predicted octanol–water partition coefficient (Wildman–Crippen LogP) is 1.67. The maximum atomic E-state index is 12.0. The number of carbonyl (C=O) groups excluding carboxylic acids is 2. The molecule has 3 heterocycles. The van der Waals surface area contributed by atoms with Crippen LogP contribution in [0.4, 0.5) is 4.79 Å². The van der Waals surface area contributed by atoms with Crippen LogP contribution < -0.4 is 10.6 Å². The zero-order valence-electron chi connectivity index (χ0n) is 12.3. The van der Waals surface area contributed by atoms with E-state index in [1.807, 2.05) is 24.3 Å². The number of likely N-dealkylation sites (tertiary alicyclic amines) is 1. The van der Waals surface area contributed by atoms with Crippen LogP contribution in [-0.2, 0) is 11.3 Å². The Bertz CT molecular complexity index is 825. The summed E-state index contributed by atoms with van der Waals surface area (Å²) in [6.07, 6.45) is 2.35. The molecule has 3 amide bonds. The number of nitrogens with zero attached hydrogens (tertiary/aromatic N) is 2. The summed E-state index contributed by atoms with van der Waals surface area (Å²) in [5, 5.41) is 6.78. The lowest BCUT2D eigenvalue weighted by atomic mass is 9.99. The number of imide groups is 1. The van der Waals surface area contributed by atoms with Crippen molar-refractivity contribution in [3.63, 3.8) is 0 Å². The van der Waals surface area contributed by atoms with Crippen LogP contribution in [0.1, 0.15) is 12.0 Å². The van der Waals surface area contributed by atoms with Crippen molar-refractivity contribution in [2.45, 2.75) is 18.5 Å². The zero-order valence-corrected chi connectivity index (χ0v) is 13.1. The van der Waals surface area contributed by atoms with Crippen LogP contribution in [0.3, 0.4) is 0 Å². The first kappa shape index (κ1) is 14.4. The summed E-state index contributed by atoms with van der Waals surface area (Å²) in [5.41, 5.74) is 1.02. The molecule has 6 nitrogen and oxygen atoms in total. The van der Waals surface area contributed by atoms with Gasteiger partial charge in [-0.1, -0.05) is 23.7 Å². The van der Waals surface area contributed by atoms with Gasteiger partial charge in [-0.2, -0.15) is 0 Å². The molecule has 2 aliphatic rings. The highest BCUT2D eigenvalue weighted by Gasteiger charge is 2.50. The standard InChI is InChI=1S/C16H15ClN4O2/c17-12-4-3-10-2-1-6-18-13(10)11(12)8-21-7-5-16(9-21)14(22)19-15(23)20-16/h1-4,6H,5,7-9H2,(H2,19,20,22,23). The minimum absolute atomic E-state index is 0.243. The van der Waals surface area contributed by atoms with Crippen LogP contribution in [0.5, 0.6) is 0 Å². The van der Waals surface area contributed by atoms with Gasteiger partial charge in [0.05, 0.1) is 5.52 Å². The van der Waals surface area contributed by atoms with Gasteiger partial charge in [0.1, 0.15) is 5.54 Å². The summed E-state index contributed by atoms with van der Waals surface area (Å²) in [6, 6.07) is 7.30. The van der Waals surface area contributed by atoms with Crippen LogP contribution >= 0.6 is 11.6 Å². The molecule has 1 aromatic carbocycles. The van der Waals surface area contributed by atoms with Gasteiger partial charge in [0, 0.05) is 41.8 Å². The highest BCUT2D eigenvalue weighted by atomic mass is 35.5. The zero-order chi connectivity index (χ0) is 16.0. The Balaban J connectivity index is 1.62. The molecule has 0 bridgehead atoms. The number of halogens is 1. The average Bonchev–Trinajstić information content (AvgIpc) is 3.06. The molecular formula is C16H15ClN4O2. The van der Waals surface area contributed by atoms with E-state index in [0.717, 1.165) is 16.5 Å². The first-order chi connectivity index (χ1) is 11.1. The molecule has 0 radical (unpaired) electrons. The number of urea groups is 1. The molecule has 4 rings (SSSR count). The number of hydrogen-bond donors (Lipinski definition) is 2. The van der Waals surface area contributed by atoms with Crippen molar-refractivity contribution >= 4 is 34.4 Å². The summed E-state index contributed by atoms with van der Waals surface area (Å²) in [7, 11) is 0. The summed E-state index contributed by atoms with van der Waals surface area (Å²) in [5.74, 6) is -0.243. The van der Waals surface area contributed by atoms with E-state index in [2.05, 4.69) is 20.5 Å². The highest BCUT2D eigenvalue weighted by molar-refractivity contribution is 6.32. The lowest BCUT2D eigenvalue weighted by Crippen LogP contribution is -2.48. The van der Waals surface area contributed by atoms with Gasteiger partial charge in [-0.15, -0.1) is 0 Å². The number of amides is 3. The Morgan fingerprint density at radius 2 is 2.17 bits per heavy atom. The Morgan fingerprint density at radius 3 is 2.96 bits per heavy atom. The minimum Gasteiger partial charge on any atom is -0.322 e. The van der Waals surface area contributed by atoms with Crippen molar-refractivity contribution < 1.29 is 9.59 Å². The average molecular weight is 331 g/mol. The lowest BCUT2D eigenvalue weighted by molar-refractivity contribution is -0.123. The van der Waals surface area contributed by atoms with Gasteiger partial charge in [0.15, 0.2) is 0 Å². The Kier molecular flexibility index (Phi) is 3.25. The Morgan fingerprint density at radius 1 is 1.30 bits per heavy atom. The maximum absolute atomic E-state index is 12.0. The second-order valence-electron chi connectivity index (χ2n) is 6.05. The summed E-state index contributed by atoms with van der Waals surface area (Å²) < 4.78 is 0. The monoisotopic (exact) mass is 330 g/mol. The third kappa shape index (κ3) is 2.34. The fourth-order valence-electron chi connectivity index (χ4n) is 3.39. The van der Waals surface area contributed by atoms with Crippen molar-refractivity contribution in [1.82, 2.24) is 20.5 Å². The molecule has 1 unspecified atom stereocenters. The van der Waals surface area contributed by atoms with E-state index >= 15 is 0 Å². The van der Waals surface area contributed by atoms with Crippen LogP contribution in [-0.4, -0.2) is 40.5 Å². The molecule has 23 heavy (non-hydrogen) atoms. The van der Waals surface area contributed by atoms with E-state index in [0.29, 0.717) is 31.1 Å². The number of benzene rings is 1. The van der Waals surface area contributed by atoms with Crippen LogP contribution in [0, 0.1) is 0 Å². The fourth-order valence-corrected chi connectivity index (χ4v) is 3.61. The number of aromatic nitrogens is 1. The van der Waals surface area contributed by atoms with Gasteiger partial charge < -0.3 is 5.32 Å². The number of pyridine rings is 1. The van der Waals surface area contributed by atoms with E-state index in [4.69, 9.17) is 11.6 Å². The molecular weight excluding hydrogens is 316 g/mol. The van der Waals surface area contributed by atoms with Crippen LogP contribution in [0.2, 0.25) is 5.02 Å². The fraction of sp³-hybridized carbons (Fsp3) is 0.312. The molecule has 2 N–H and O–H groups in total. The lowest BCUT2D eigenvalue weighted by Gasteiger charge is -2.21. The Labute approximate surface area is 137 Å². The molecule has 2 fully saturated rings. The van der Waals surface area contributed by atoms with Gasteiger partial charge in [0.2, 0.25) is 0 Å². The van der Waals surface area contributed by atoms with Gasteiger partial charge in [-0.3, -0.25) is 20.0 Å². The molecule has 2 saturated heterocycles. The van der Waals surface area contributed by atoms with E-state index in [1.165, 1.54) is 0 Å². The Hall–Kier alpha value is -2.18. The predicted molar refractivity (Wildman–Crippen MR) is 86.1 cm³/mol. The number of nitrogens with one attached hydrogen (secondary N) is 2. The molecule has 1 aromatic heterocycles. The minimum atomic E-state index is -0.804. The van der Waals surface area contributed by atoms with Crippen molar-refractivity contribution in [2.24, 2.45) is 0 Å². The van der Waals surface area contributed by atoms with E-state index < -0.39 is 11.6 Å². The second kappa shape index (κ2) is 5.18. The van der Waals surface area contributed by atoms with Crippen molar-refractivity contribution in [1.29, 1.82) is 0 Å². The molecule has 2 aliphatic heterocycles. The summed E-state index contributed by atoms with van der Waals surface area (Å²) in [4.78, 5) is 30.0. The van der Waals surface area contributed by atoms with Crippen molar-refractivity contribution in [3.8, 4) is 0 Å². The SMILES string of the molecule is O=C1NC(=O)C2(CCN(Cc3c(Cl)ccc4cccnc34)C2)N1. The summed E-state index contributed by atoms with van der Waals surface area (Å²) in [6.45, 7) is 1.79. The number of carbonyl (C=O) groups is 2. The van der Waals surface area contributed by atoms with Crippen LogP contribution in [0.25, 0.3) is 10.9 Å². The molecule has 1 atom stereocenters. The second-order valence-corrected chi connectivity index (χ2v) is 6.46. The third-order valence-electron chi connectivity index (χ3n) is 4.57. The van der Waals surface area contributed by atoms with Gasteiger partial charge in [-0.05, 0) is 18.6 Å². The van der Waals surface area contributed by atoms with Crippen molar-refractivity contribution in [2.75, 3.05) is 13.1 Å². The van der Waals surface area contributed by atoms with Gasteiger partial charge in [0.25, 0.3) is 5.91 Å². The van der Waals surface area contributed by atoms with E-state index in [-0.39, 0.29) is 5.91 Å². The summed E-state index contributed by atoms with van der Waals surface area (Å²) >= 11 is 6.37.